The summed E-state index contributed by atoms with van der Waals surface area (Å²) in [6.45, 7) is 5.00. The Morgan fingerprint density at radius 3 is 2.14 bits per heavy atom. The third-order valence-electron chi connectivity index (χ3n) is 13.1. The molecule has 0 amide bonds. The maximum atomic E-state index is 12.8. The molecule has 0 bridgehead atoms. The van der Waals surface area contributed by atoms with Gasteiger partial charge in [-0.25, -0.2) is 0 Å². The first kappa shape index (κ1) is 27.8. The maximum absolute atomic E-state index is 12.8. The van der Waals surface area contributed by atoms with Crippen molar-refractivity contribution < 1.29 is 20.1 Å². The molecule has 4 nitrogen and oxygen atoms in total. The van der Waals surface area contributed by atoms with Crippen molar-refractivity contribution in [2.75, 3.05) is 0 Å². The molecule has 4 aliphatic rings. The van der Waals surface area contributed by atoms with Crippen LogP contribution in [0.25, 0.3) is 0 Å². The van der Waals surface area contributed by atoms with E-state index in [9.17, 15) is 20.1 Å². The van der Waals surface area contributed by atoms with E-state index >= 15 is 0 Å². The molecule has 0 saturated heterocycles. The molecule has 4 aliphatic carbocycles. The van der Waals surface area contributed by atoms with Gasteiger partial charge in [-0.05, 0) is 104 Å². The number of aliphatic hydroxyl groups is 2. The van der Waals surface area contributed by atoms with E-state index in [2.05, 4.69) is 60.9 Å². The summed E-state index contributed by atoms with van der Waals surface area (Å²) in [5, 5.41) is 32.8. The predicted molar refractivity (Wildman–Crippen MR) is 159 cm³/mol. The van der Waals surface area contributed by atoms with Crippen molar-refractivity contribution in [1.82, 2.24) is 0 Å². The highest BCUT2D eigenvalue weighted by molar-refractivity contribution is 6.67. The summed E-state index contributed by atoms with van der Waals surface area (Å²) < 4.78 is 0. The van der Waals surface area contributed by atoms with E-state index in [1.54, 1.807) is 0 Å². The molecule has 4 rings (SSSR count). The zero-order chi connectivity index (χ0) is 26.2. The Kier molecular flexibility index (Phi) is 7.09. The molecule has 0 aromatic rings. The normalized spacial score (nSPS) is 47.9. The Balaban J connectivity index is 1.76. The van der Waals surface area contributed by atoms with Crippen LogP contribution in [0.4, 0.5) is 0 Å². The minimum atomic E-state index is -0.787. The zero-order valence-electron chi connectivity index (χ0n) is 23.9. The monoisotopic (exact) mass is 478 g/mol. The maximum Gasteiger partial charge on any atom is 0.303 e. The molecule has 0 unspecified atom stereocenters. The van der Waals surface area contributed by atoms with Gasteiger partial charge in [-0.2, -0.15) is 0 Å². The lowest BCUT2D eigenvalue weighted by molar-refractivity contribution is -0.222. The van der Waals surface area contributed by atoms with E-state index in [1.165, 1.54) is 12.8 Å². The quantitative estimate of drug-likeness (QED) is 0.419. The Labute approximate surface area is 219 Å². The highest BCUT2D eigenvalue weighted by Crippen LogP contribution is 2.73. The molecule has 0 aliphatic heterocycles. The molecule has 0 heterocycles. The second-order valence-corrected chi connectivity index (χ2v) is 15.6. The lowest BCUT2D eigenvalue weighted by Crippen LogP contribution is -2.71. The Morgan fingerprint density at radius 1 is 0.943 bits per heavy atom. The van der Waals surface area contributed by atoms with Crippen LogP contribution >= 0.6 is 0 Å². The van der Waals surface area contributed by atoms with Crippen molar-refractivity contribution in [2.24, 2.45) is 46.3 Å². The third kappa shape index (κ3) is 4.23. The molecule has 4 saturated carbocycles. The molecule has 10 heteroatoms. The average Bonchev–Trinajstić information content (AvgIpc) is 3.04. The molecule has 4 fully saturated rings. The van der Waals surface area contributed by atoms with Crippen LogP contribution in [-0.4, -0.2) is 80.0 Å². The van der Waals surface area contributed by atoms with E-state index in [4.69, 9.17) is 0 Å². The highest BCUT2D eigenvalue weighted by atomic mass is 16.4. The molecule has 0 radical (unpaired) electrons. The molecular formula is C25H48B6O4. The van der Waals surface area contributed by atoms with Gasteiger partial charge in [0.05, 0.1) is 45.3 Å². The van der Waals surface area contributed by atoms with Crippen molar-refractivity contribution in [3.05, 3.63) is 0 Å². The van der Waals surface area contributed by atoms with Gasteiger partial charge in [0.2, 0.25) is 0 Å². The number of fused-ring (bicyclic) bond motifs is 5. The van der Waals surface area contributed by atoms with Gasteiger partial charge in [0.15, 0.2) is 0 Å². The number of hydrogen-bond acceptors (Lipinski definition) is 3. The van der Waals surface area contributed by atoms with E-state index in [1.807, 2.05) is 0 Å². The third-order valence-corrected chi connectivity index (χ3v) is 13.1. The molecular weight excluding hydrogens is 429 g/mol. The first-order valence-electron chi connectivity index (χ1n) is 14.6. The van der Waals surface area contributed by atoms with Crippen molar-refractivity contribution in [2.45, 2.75) is 100.0 Å². The van der Waals surface area contributed by atoms with Crippen molar-refractivity contribution in [3.8, 4) is 0 Å². The second kappa shape index (κ2) is 8.92. The molecule has 0 spiro atoms. The summed E-state index contributed by atoms with van der Waals surface area (Å²) in [5.41, 5.74) is -0.440. The van der Waals surface area contributed by atoms with E-state index in [0.29, 0.717) is 23.7 Å². The van der Waals surface area contributed by atoms with Gasteiger partial charge in [0, 0.05) is 11.9 Å². The van der Waals surface area contributed by atoms with Crippen LogP contribution in [0.5, 0.6) is 0 Å². The van der Waals surface area contributed by atoms with Gasteiger partial charge in [-0.1, -0.05) is 19.1 Å². The van der Waals surface area contributed by atoms with Gasteiger partial charge >= 0.3 is 5.97 Å². The Bertz CT molecular complexity index is 831. The molecule has 10 atom stereocenters. The number of hydrogen-bond donors (Lipinski definition) is 3. The van der Waals surface area contributed by atoms with E-state index < -0.39 is 11.5 Å². The smallest absolute Gasteiger partial charge is 0.303 e. The van der Waals surface area contributed by atoms with Gasteiger partial charge < -0.3 is 15.3 Å². The molecule has 190 valence electrons. The van der Waals surface area contributed by atoms with Gasteiger partial charge in [-0.3, -0.25) is 4.79 Å². The van der Waals surface area contributed by atoms with E-state index in [0.717, 1.165) is 44.9 Å². The second-order valence-electron chi connectivity index (χ2n) is 15.6. The SMILES string of the molecule is BC(B)(B)C(B)(B)[C@@H]1[C@@H]2C[C@H](O)CC[C@]2(C)[C@H]2CC[C@]3(C)[C@@H](CCCC(=O)O)CC[C@H]3[C@@H]2[C@]1(B)O. The standard InChI is InChI=1S/C25H48B6O4/c1-21-11-9-16-19(15(21)7-6-13(21)4-3-5-18(33)34)23(26,35)20(24(27,28)25(29,30)31)17-12-14(32)8-10-22(16,17)2/h13-17,19-20,32,35H,3-12,26-31H2,1-2H3,(H,33,34)/t13-,14+,15-,16-,17-,19-,20+,21+,22+,23-/m0/s1. The Morgan fingerprint density at radius 2 is 1.54 bits per heavy atom. The molecule has 0 aromatic heterocycles. The van der Waals surface area contributed by atoms with E-state index in [-0.39, 0.29) is 45.5 Å². The minimum absolute atomic E-state index is 0.0326. The summed E-state index contributed by atoms with van der Waals surface area (Å²) in [7, 11) is 13.9. The van der Waals surface area contributed by atoms with Gasteiger partial charge in [0.25, 0.3) is 0 Å². The van der Waals surface area contributed by atoms with Crippen molar-refractivity contribution in [1.29, 1.82) is 0 Å². The van der Waals surface area contributed by atoms with Gasteiger partial charge in [-0.15, -0.1) is 5.11 Å². The summed E-state index contributed by atoms with van der Waals surface area (Å²) in [6, 6.07) is 0. The first-order chi connectivity index (χ1) is 16.0. The van der Waals surface area contributed by atoms with Crippen molar-refractivity contribution in [3.63, 3.8) is 0 Å². The number of carboxylic acid groups (broad SMARTS) is 1. The molecule has 3 N–H and O–H groups in total. The fraction of sp³-hybridized carbons (Fsp3) is 0.960. The fourth-order valence-electron chi connectivity index (χ4n) is 10.4. The highest BCUT2D eigenvalue weighted by Gasteiger charge is 2.70. The van der Waals surface area contributed by atoms with Crippen LogP contribution in [0.2, 0.25) is 10.3 Å². The summed E-state index contributed by atoms with van der Waals surface area (Å²) in [5.74, 6) is 1.60. The lowest BCUT2D eigenvalue weighted by atomic mass is 9.16. The van der Waals surface area contributed by atoms with Crippen LogP contribution < -0.4 is 0 Å². The van der Waals surface area contributed by atoms with Crippen LogP contribution in [-0.2, 0) is 4.79 Å². The van der Waals surface area contributed by atoms with Crippen LogP contribution in [0.1, 0.15) is 78.1 Å². The van der Waals surface area contributed by atoms with Crippen LogP contribution in [0, 0.1) is 46.3 Å². The summed E-state index contributed by atoms with van der Waals surface area (Å²) >= 11 is 0. The van der Waals surface area contributed by atoms with Crippen molar-refractivity contribution >= 4 is 53.0 Å². The number of carboxylic acids is 1. The van der Waals surface area contributed by atoms with Gasteiger partial charge in [0.1, 0.15) is 7.85 Å². The number of carbonyl (C=O) groups is 1. The predicted octanol–water partition coefficient (Wildman–Crippen LogP) is -1.23. The first-order valence-corrected chi connectivity index (χ1v) is 14.6. The van der Waals surface area contributed by atoms with Crippen LogP contribution in [0.3, 0.4) is 0 Å². The minimum Gasteiger partial charge on any atom is -0.481 e. The van der Waals surface area contributed by atoms with Crippen LogP contribution in [0.15, 0.2) is 0 Å². The molecule has 0 aromatic carbocycles. The zero-order valence-corrected chi connectivity index (χ0v) is 23.9. The topological polar surface area (TPSA) is 77.8 Å². The lowest BCUT2D eigenvalue weighted by Gasteiger charge is -2.71. The Hall–Kier alpha value is -0.220. The summed E-state index contributed by atoms with van der Waals surface area (Å²) in [6.07, 6.45) is 9.26. The summed E-state index contributed by atoms with van der Waals surface area (Å²) in [4.78, 5) is 11.2. The number of aliphatic carboxylic acids is 1. The number of rotatable bonds is 6. The molecule has 35 heavy (non-hydrogen) atoms. The fourth-order valence-corrected chi connectivity index (χ4v) is 10.4. The average molecular weight is 478 g/mol. The largest absolute Gasteiger partial charge is 0.481 e. The number of aliphatic hydroxyl groups excluding tert-OH is 1.